The molecule has 10 heteroatoms. The normalized spacial score (nSPS) is 12.1. The molecule has 1 aromatic heterocycles. The van der Waals surface area contributed by atoms with E-state index < -0.39 is 37.9 Å². The van der Waals surface area contributed by atoms with Crippen LogP contribution in [-0.4, -0.2) is 23.2 Å². The third-order valence-corrected chi connectivity index (χ3v) is 3.76. The van der Waals surface area contributed by atoms with Crippen molar-refractivity contribution >= 4 is 21.6 Å². The molecule has 0 spiro atoms. The summed E-state index contributed by atoms with van der Waals surface area (Å²) < 4.78 is 51.5. The Morgan fingerprint density at radius 2 is 1.86 bits per heavy atom. The average Bonchev–Trinajstić information content (AvgIpc) is 2.78. The van der Waals surface area contributed by atoms with Crippen LogP contribution in [0.4, 0.5) is 8.78 Å². The highest BCUT2D eigenvalue weighted by Crippen LogP contribution is 2.29. The van der Waals surface area contributed by atoms with Gasteiger partial charge in [0.1, 0.15) is 11.6 Å². The first-order chi connectivity index (χ1) is 9.62. The van der Waals surface area contributed by atoms with Gasteiger partial charge in [0, 0.05) is 6.04 Å². The Balaban J connectivity index is 2.77. The predicted molar refractivity (Wildman–Crippen MR) is 72.1 cm³/mol. The molecule has 0 bridgehead atoms. The highest BCUT2D eigenvalue weighted by molar-refractivity contribution is 7.89. The predicted octanol–water partition coefficient (Wildman–Crippen LogP) is 2.10. The van der Waals surface area contributed by atoms with E-state index in [0.29, 0.717) is 0 Å². The van der Waals surface area contributed by atoms with Gasteiger partial charge in [-0.25, -0.2) is 22.3 Å². The number of nitrogens with zero attached hydrogens (tertiary/aromatic N) is 3. The fraction of sp³-hybridized carbons (Fsp3) is 0.273. The Hall–Kier alpha value is -1.58. The van der Waals surface area contributed by atoms with Gasteiger partial charge in [-0.05, 0) is 26.0 Å². The lowest BCUT2D eigenvalue weighted by atomic mass is 10.2. The van der Waals surface area contributed by atoms with E-state index in [-0.39, 0.29) is 11.4 Å². The number of hydrogen-bond donors (Lipinski definition) is 1. The van der Waals surface area contributed by atoms with Crippen LogP contribution in [0.1, 0.15) is 19.9 Å². The minimum Gasteiger partial charge on any atom is -0.294 e. The van der Waals surface area contributed by atoms with Crippen molar-refractivity contribution in [1.82, 2.24) is 14.8 Å². The van der Waals surface area contributed by atoms with Crippen molar-refractivity contribution < 1.29 is 17.2 Å². The maximum atomic E-state index is 14.0. The molecule has 0 aliphatic carbocycles. The first-order valence-electron chi connectivity index (χ1n) is 5.75. The molecule has 0 radical (unpaired) electrons. The molecule has 1 aromatic carbocycles. The maximum Gasteiger partial charge on any atom is 0.273 e. The minimum absolute atomic E-state index is 0.151. The molecule has 1 heterocycles. The SMILES string of the molecule is CC(C)n1c(-c2cc(F)c(Cl)cc2F)nnc1S(N)(=O)=O. The van der Waals surface area contributed by atoms with E-state index in [4.69, 9.17) is 16.7 Å². The second kappa shape index (κ2) is 5.32. The zero-order valence-electron chi connectivity index (χ0n) is 11.0. The summed E-state index contributed by atoms with van der Waals surface area (Å²) in [4.78, 5) is 0. The van der Waals surface area contributed by atoms with Crippen molar-refractivity contribution in [3.8, 4) is 11.4 Å². The molecule has 2 rings (SSSR count). The minimum atomic E-state index is -4.15. The van der Waals surface area contributed by atoms with Gasteiger partial charge in [-0.3, -0.25) is 4.57 Å². The second-order valence-corrected chi connectivity index (χ2v) is 6.42. The fourth-order valence-corrected chi connectivity index (χ4v) is 2.69. The van der Waals surface area contributed by atoms with Crippen LogP contribution >= 0.6 is 11.6 Å². The van der Waals surface area contributed by atoms with Crippen molar-refractivity contribution in [2.24, 2.45) is 5.14 Å². The van der Waals surface area contributed by atoms with E-state index in [1.165, 1.54) is 0 Å². The number of aromatic nitrogens is 3. The number of rotatable bonds is 3. The van der Waals surface area contributed by atoms with E-state index in [9.17, 15) is 17.2 Å². The zero-order valence-corrected chi connectivity index (χ0v) is 12.6. The van der Waals surface area contributed by atoms with Crippen LogP contribution in [0, 0.1) is 11.6 Å². The van der Waals surface area contributed by atoms with Crippen molar-refractivity contribution in [3.63, 3.8) is 0 Å². The van der Waals surface area contributed by atoms with Crippen molar-refractivity contribution in [2.75, 3.05) is 0 Å². The molecule has 6 nitrogen and oxygen atoms in total. The molecule has 0 aliphatic rings. The summed E-state index contributed by atoms with van der Waals surface area (Å²) in [6, 6.07) is 1.16. The largest absolute Gasteiger partial charge is 0.294 e. The topological polar surface area (TPSA) is 90.9 Å². The third kappa shape index (κ3) is 2.89. The number of primary sulfonamides is 1. The Labute approximate surface area is 124 Å². The summed E-state index contributed by atoms with van der Waals surface area (Å²) in [7, 11) is -4.15. The molecule has 2 aromatic rings. The summed E-state index contributed by atoms with van der Waals surface area (Å²) in [5.74, 6) is -1.86. The van der Waals surface area contributed by atoms with E-state index in [2.05, 4.69) is 10.2 Å². The quantitative estimate of drug-likeness (QED) is 0.869. The molecule has 21 heavy (non-hydrogen) atoms. The van der Waals surface area contributed by atoms with Crippen LogP contribution in [0.3, 0.4) is 0 Å². The molecular weight excluding hydrogens is 326 g/mol. The molecule has 0 aliphatic heterocycles. The summed E-state index contributed by atoms with van der Waals surface area (Å²) in [5.41, 5.74) is -0.256. The summed E-state index contributed by atoms with van der Waals surface area (Å²) in [6.45, 7) is 3.26. The van der Waals surface area contributed by atoms with Crippen molar-refractivity contribution in [3.05, 3.63) is 28.8 Å². The monoisotopic (exact) mass is 336 g/mol. The van der Waals surface area contributed by atoms with Crippen LogP contribution in [0.2, 0.25) is 5.02 Å². The Bertz CT molecular complexity index is 805. The molecule has 0 fully saturated rings. The Kier molecular flexibility index (Phi) is 4.00. The zero-order chi connectivity index (χ0) is 15.9. The summed E-state index contributed by atoms with van der Waals surface area (Å²) in [5, 5.41) is 11.2. The van der Waals surface area contributed by atoms with Gasteiger partial charge in [0.25, 0.3) is 15.2 Å². The van der Waals surface area contributed by atoms with Crippen LogP contribution < -0.4 is 5.14 Å². The van der Waals surface area contributed by atoms with E-state index in [0.717, 1.165) is 16.7 Å². The number of hydrogen-bond acceptors (Lipinski definition) is 4. The number of benzene rings is 1. The van der Waals surface area contributed by atoms with Gasteiger partial charge in [-0.2, -0.15) is 0 Å². The lowest BCUT2D eigenvalue weighted by molar-refractivity contribution is 0.522. The Morgan fingerprint density at radius 1 is 1.24 bits per heavy atom. The van der Waals surface area contributed by atoms with E-state index in [1.807, 2.05) is 0 Å². The average molecular weight is 337 g/mol. The molecule has 0 saturated heterocycles. The molecule has 0 unspecified atom stereocenters. The van der Waals surface area contributed by atoms with Gasteiger partial charge in [-0.15, -0.1) is 10.2 Å². The van der Waals surface area contributed by atoms with Crippen molar-refractivity contribution in [1.29, 1.82) is 0 Å². The van der Waals surface area contributed by atoms with Gasteiger partial charge in [0.05, 0.1) is 10.6 Å². The van der Waals surface area contributed by atoms with Crippen LogP contribution in [0.25, 0.3) is 11.4 Å². The van der Waals surface area contributed by atoms with Gasteiger partial charge in [-0.1, -0.05) is 11.6 Å². The van der Waals surface area contributed by atoms with Gasteiger partial charge < -0.3 is 0 Å². The van der Waals surface area contributed by atoms with E-state index in [1.54, 1.807) is 13.8 Å². The van der Waals surface area contributed by atoms with Crippen LogP contribution in [-0.2, 0) is 10.0 Å². The summed E-state index contributed by atoms with van der Waals surface area (Å²) in [6.07, 6.45) is 0. The summed E-state index contributed by atoms with van der Waals surface area (Å²) >= 11 is 5.48. The standard InChI is InChI=1S/C11H11ClF2N4O2S/c1-5(2)18-10(16-17-11(18)21(15,19)20)6-3-9(14)7(12)4-8(6)13/h3-5H,1-2H3,(H2,15,19,20). The fourth-order valence-electron chi connectivity index (χ4n) is 1.81. The molecule has 0 amide bonds. The van der Waals surface area contributed by atoms with Crippen LogP contribution in [0.15, 0.2) is 17.3 Å². The number of halogens is 3. The van der Waals surface area contributed by atoms with Gasteiger partial charge in [0.15, 0.2) is 5.82 Å². The van der Waals surface area contributed by atoms with Crippen LogP contribution in [0.5, 0.6) is 0 Å². The lowest BCUT2D eigenvalue weighted by Gasteiger charge is -2.13. The van der Waals surface area contributed by atoms with E-state index >= 15 is 0 Å². The molecule has 114 valence electrons. The first kappa shape index (κ1) is 15.8. The highest BCUT2D eigenvalue weighted by atomic mass is 35.5. The Morgan fingerprint density at radius 3 is 2.38 bits per heavy atom. The number of sulfonamides is 1. The lowest BCUT2D eigenvalue weighted by Crippen LogP contribution is -2.20. The smallest absolute Gasteiger partial charge is 0.273 e. The van der Waals surface area contributed by atoms with Gasteiger partial charge >= 0.3 is 0 Å². The van der Waals surface area contributed by atoms with Gasteiger partial charge in [0.2, 0.25) is 0 Å². The second-order valence-electron chi connectivity index (χ2n) is 4.56. The third-order valence-electron chi connectivity index (χ3n) is 2.69. The molecule has 2 N–H and O–H groups in total. The molecule has 0 saturated carbocycles. The molecular formula is C11H11ClF2N4O2S. The first-order valence-corrected chi connectivity index (χ1v) is 7.68. The van der Waals surface area contributed by atoms with Crippen molar-refractivity contribution in [2.45, 2.75) is 25.0 Å². The molecule has 0 atom stereocenters. The highest BCUT2D eigenvalue weighted by Gasteiger charge is 2.25. The number of nitrogens with two attached hydrogens (primary N) is 1. The maximum absolute atomic E-state index is 14.0.